The number of aryl methyl sites for hydroxylation is 1. The van der Waals surface area contributed by atoms with Crippen LogP contribution in [0.5, 0.6) is 0 Å². The molecule has 2 rings (SSSR count). The van der Waals surface area contributed by atoms with Crippen LogP contribution in [0.2, 0.25) is 0 Å². The Morgan fingerprint density at radius 2 is 1.68 bits per heavy atom. The van der Waals surface area contributed by atoms with Crippen LogP contribution in [0.25, 0.3) is 10.8 Å². The normalized spacial score (nSPS) is 10.6. The smallest absolute Gasteiger partial charge is 0.163 e. The number of ketones is 2. The lowest BCUT2D eigenvalue weighted by atomic mass is 9.95. The minimum atomic E-state index is 0.126. The Labute approximate surface area is 113 Å². The Hall–Kier alpha value is -1.96. The molecule has 2 heteroatoms. The average Bonchev–Trinajstić information content (AvgIpc) is 2.38. The summed E-state index contributed by atoms with van der Waals surface area (Å²) in [7, 11) is 0. The van der Waals surface area contributed by atoms with Gasteiger partial charge < -0.3 is 4.79 Å². The van der Waals surface area contributed by atoms with E-state index in [1.807, 2.05) is 43.3 Å². The highest BCUT2D eigenvalue weighted by atomic mass is 16.1. The molecule has 0 aromatic heterocycles. The molecule has 0 saturated heterocycles. The molecule has 0 heterocycles. The van der Waals surface area contributed by atoms with Crippen molar-refractivity contribution in [3.05, 3.63) is 47.5 Å². The van der Waals surface area contributed by atoms with E-state index in [0.717, 1.165) is 21.9 Å². The molecule has 0 radical (unpaired) electrons. The van der Waals surface area contributed by atoms with Crippen molar-refractivity contribution >= 4 is 22.3 Å². The van der Waals surface area contributed by atoms with Crippen molar-refractivity contribution < 1.29 is 9.59 Å². The van der Waals surface area contributed by atoms with E-state index in [4.69, 9.17) is 0 Å². The van der Waals surface area contributed by atoms with Crippen molar-refractivity contribution in [2.75, 3.05) is 0 Å². The van der Waals surface area contributed by atoms with Crippen molar-refractivity contribution in [1.82, 2.24) is 0 Å². The van der Waals surface area contributed by atoms with E-state index in [0.29, 0.717) is 19.3 Å². The van der Waals surface area contributed by atoms with Gasteiger partial charge in [-0.15, -0.1) is 0 Å². The molecular weight excluding hydrogens is 236 g/mol. The van der Waals surface area contributed by atoms with Crippen LogP contribution in [0, 0.1) is 6.92 Å². The van der Waals surface area contributed by atoms with Crippen LogP contribution >= 0.6 is 0 Å². The van der Waals surface area contributed by atoms with Crippen LogP contribution in [-0.4, -0.2) is 11.6 Å². The van der Waals surface area contributed by atoms with Gasteiger partial charge in [0.2, 0.25) is 0 Å². The van der Waals surface area contributed by atoms with Crippen LogP contribution in [0.15, 0.2) is 36.4 Å². The van der Waals surface area contributed by atoms with E-state index in [1.165, 1.54) is 0 Å². The summed E-state index contributed by atoms with van der Waals surface area (Å²) in [4.78, 5) is 23.2. The molecule has 19 heavy (non-hydrogen) atoms. The zero-order valence-electron chi connectivity index (χ0n) is 11.4. The Bertz CT molecular complexity index is 621. The maximum Gasteiger partial charge on any atom is 0.163 e. The number of hydrogen-bond donors (Lipinski definition) is 0. The van der Waals surface area contributed by atoms with Crippen molar-refractivity contribution in [3.8, 4) is 0 Å². The summed E-state index contributed by atoms with van der Waals surface area (Å²) in [5.74, 6) is 0.267. The lowest BCUT2D eigenvalue weighted by molar-refractivity contribution is -0.117. The predicted octanol–water partition coefficient (Wildman–Crippen LogP) is 4.09. The number of Topliss-reactive ketones (excluding diaryl/α,β-unsaturated/α-hetero) is 2. The molecule has 0 unspecified atom stereocenters. The molecule has 0 aliphatic rings. The van der Waals surface area contributed by atoms with Gasteiger partial charge in [-0.3, -0.25) is 4.79 Å². The lowest BCUT2D eigenvalue weighted by Gasteiger charge is -2.08. The first kappa shape index (κ1) is 13.5. The van der Waals surface area contributed by atoms with Crippen molar-refractivity contribution in [3.63, 3.8) is 0 Å². The van der Waals surface area contributed by atoms with Gasteiger partial charge in [-0.2, -0.15) is 0 Å². The van der Waals surface area contributed by atoms with Gasteiger partial charge in [0.1, 0.15) is 5.78 Å². The molecule has 98 valence electrons. The monoisotopic (exact) mass is 254 g/mol. The van der Waals surface area contributed by atoms with Gasteiger partial charge in [0.15, 0.2) is 5.78 Å². The first-order chi connectivity index (χ1) is 9.09. The topological polar surface area (TPSA) is 34.1 Å². The van der Waals surface area contributed by atoms with Crippen LogP contribution < -0.4 is 0 Å². The fourth-order valence-electron chi connectivity index (χ4n) is 2.39. The highest BCUT2D eigenvalue weighted by Gasteiger charge is 2.11. The molecule has 0 N–H and O–H groups in total. The summed E-state index contributed by atoms with van der Waals surface area (Å²) in [6.07, 6.45) is 1.55. The number of hydrogen-bond acceptors (Lipinski definition) is 2. The third-order valence-electron chi connectivity index (χ3n) is 3.35. The van der Waals surface area contributed by atoms with E-state index < -0.39 is 0 Å². The molecular formula is C17H18O2. The second kappa shape index (κ2) is 5.79. The minimum Gasteiger partial charge on any atom is -0.300 e. The quantitative estimate of drug-likeness (QED) is 0.753. The molecule has 0 saturated carbocycles. The molecule has 0 fully saturated rings. The predicted molar refractivity (Wildman–Crippen MR) is 77.5 cm³/mol. The van der Waals surface area contributed by atoms with E-state index in [9.17, 15) is 9.59 Å². The summed E-state index contributed by atoms with van der Waals surface area (Å²) in [5.41, 5.74) is 1.90. The van der Waals surface area contributed by atoms with Crippen LogP contribution in [0.3, 0.4) is 0 Å². The average molecular weight is 254 g/mol. The first-order valence-corrected chi connectivity index (χ1v) is 6.60. The molecule has 0 aliphatic heterocycles. The first-order valence-electron chi connectivity index (χ1n) is 6.60. The molecule has 2 nitrogen and oxygen atoms in total. The van der Waals surface area contributed by atoms with E-state index >= 15 is 0 Å². The van der Waals surface area contributed by atoms with Gasteiger partial charge in [-0.25, -0.2) is 0 Å². The van der Waals surface area contributed by atoms with Crippen LogP contribution in [0.4, 0.5) is 0 Å². The van der Waals surface area contributed by atoms with Crippen molar-refractivity contribution in [2.24, 2.45) is 0 Å². The van der Waals surface area contributed by atoms with Gasteiger partial charge in [0.05, 0.1) is 0 Å². The van der Waals surface area contributed by atoms with Gasteiger partial charge in [-0.05, 0) is 36.6 Å². The van der Waals surface area contributed by atoms with Gasteiger partial charge >= 0.3 is 0 Å². The Balaban J connectivity index is 2.29. The minimum absolute atomic E-state index is 0.126. The number of fused-ring (bicyclic) bond motifs is 1. The number of carbonyl (C=O) groups is 2. The van der Waals surface area contributed by atoms with E-state index in [-0.39, 0.29) is 11.6 Å². The van der Waals surface area contributed by atoms with Crippen molar-refractivity contribution in [1.29, 1.82) is 0 Å². The standard InChI is InChI=1S/C17H18O2/c1-12-6-3-8-14-9-5-10-15(17(12)14)16(19)11-4-7-13(2)18/h3,5-6,8-10H,4,7,11H2,1-2H3. The second-order valence-corrected chi connectivity index (χ2v) is 4.96. The fraction of sp³-hybridized carbons (Fsp3) is 0.294. The molecule has 2 aromatic carbocycles. The molecule has 0 amide bonds. The van der Waals surface area contributed by atoms with Crippen LogP contribution in [-0.2, 0) is 4.79 Å². The maximum atomic E-state index is 12.3. The van der Waals surface area contributed by atoms with Crippen molar-refractivity contribution in [2.45, 2.75) is 33.1 Å². The SMILES string of the molecule is CC(=O)CCCC(=O)c1cccc2cccc(C)c12. The van der Waals surface area contributed by atoms with Gasteiger partial charge in [0.25, 0.3) is 0 Å². The second-order valence-electron chi connectivity index (χ2n) is 4.96. The summed E-state index contributed by atoms with van der Waals surface area (Å²) in [6.45, 7) is 3.58. The summed E-state index contributed by atoms with van der Waals surface area (Å²) in [6, 6.07) is 11.9. The maximum absolute atomic E-state index is 12.3. The summed E-state index contributed by atoms with van der Waals surface area (Å²) < 4.78 is 0. The zero-order valence-corrected chi connectivity index (χ0v) is 11.4. The summed E-state index contributed by atoms with van der Waals surface area (Å²) in [5, 5.41) is 2.13. The molecule has 0 bridgehead atoms. The molecule has 2 aromatic rings. The molecule has 0 atom stereocenters. The Morgan fingerprint density at radius 3 is 2.37 bits per heavy atom. The van der Waals surface area contributed by atoms with Gasteiger partial charge in [0, 0.05) is 18.4 Å². The molecule has 0 aliphatic carbocycles. The fourth-order valence-corrected chi connectivity index (χ4v) is 2.39. The Kier molecular flexibility index (Phi) is 4.10. The highest BCUT2D eigenvalue weighted by molar-refractivity contribution is 6.09. The largest absolute Gasteiger partial charge is 0.300 e. The Morgan fingerprint density at radius 1 is 1.00 bits per heavy atom. The number of carbonyl (C=O) groups excluding carboxylic acids is 2. The molecule has 0 spiro atoms. The van der Waals surface area contributed by atoms with E-state index in [2.05, 4.69) is 0 Å². The lowest BCUT2D eigenvalue weighted by Crippen LogP contribution is -2.02. The summed E-state index contributed by atoms with van der Waals surface area (Å²) >= 11 is 0. The van der Waals surface area contributed by atoms with Crippen LogP contribution in [0.1, 0.15) is 42.1 Å². The van der Waals surface area contributed by atoms with Gasteiger partial charge in [-0.1, -0.05) is 36.4 Å². The number of benzene rings is 2. The zero-order chi connectivity index (χ0) is 13.8. The van der Waals surface area contributed by atoms with E-state index in [1.54, 1.807) is 6.92 Å². The third kappa shape index (κ3) is 3.08. The third-order valence-corrected chi connectivity index (χ3v) is 3.35. The number of rotatable bonds is 5. The highest BCUT2D eigenvalue weighted by Crippen LogP contribution is 2.24.